The van der Waals surface area contributed by atoms with Gasteiger partial charge >= 0.3 is 5.97 Å². The van der Waals surface area contributed by atoms with Gasteiger partial charge in [-0.05, 0) is 49.4 Å². The van der Waals surface area contributed by atoms with Gasteiger partial charge in [0.15, 0.2) is 0 Å². The van der Waals surface area contributed by atoms with E-state index in [-0.39, 0.29) is 29.8 Å². The van der Waals surface area contributed by atoms with Crippen molar-refractivity contribution in [1.29, 1.82) is 0 Å². The van der Waals surface area contributed by atoms with Crippen molar-refractivity contribution in [2.75, 3.05) is 26.4 Å². The fraction of sp³-hybridized carbons (Fsp3) is 0.542. The van der Waals surface area contributed by atoms with Gasteiger partial charge in [0.25, 0.3) is 0 Å². The van der Waals surface area contributed by atoms with Crippen LogP contribution in [0.4, 0.5) is 0 Å². The number of carboxylic acid groups (broad SMARTS) is 1. The van der Waals surface area contributed by atoms with E-state index in [1.807, 2.05) is 5.32 Å². The second-order valence-electron chi connectivity index (χ2n) is 19.0. The molecule has 0 saturated carbocycles. The van der Waals surface area contributed by atoms with Crippen LogP contribution < -0.4 is 76.5 Å². The molecule has 0 spiro atoms. The van der Waals surface area contributed by atoms with Gasteiger partial charge in [-0.3, -0.25) is 57.5 Å². The summed E-state index contributed by atoms with van der Waals surface area (Å²) in [6.07, 6.45) is 0.300. The maximum absolute atomic E-state index is 14.1. The van der Waals surface area contributed by atoms with Crippen LogP contribution in [0, 0.1) is 5.92 Å². The molecule has 2 aromatic rings. The van der Waals surface area contributed by atoms with Crippen LogP contribution in [-0.2, 0) is 75.2 Å². The topological polar surface area (TPSA) is 590 Å². The fourth-order valence-electron chi connectivity index (χ4n) is 7.45. The predicted molar refractivity (Wildman–Crippen MR) is 282 cm³/mol. The number of aliphatic carboxylic acids is 1. The van der Waals surface area contributed by atoms with Gasteiger partial charge in [0.1, 0.15) is 60.1 Å². The molecule has 0 fully saturated rings. The third kappa shape index (κ3) is 24.2. The molecule has 1 heterocycles. The quantitative estimate of drug-likeness (QED) is 0.0278. The van der Waals surface area contributed by atoms with E-state index in [4.69, 9.17) is 28.7 Å². The highest BCUT2D eigenvalue weighted by Crippen LogP contribution is 2.13. The van der Waals surface area contributed by atoms with Crippen molar-refractivity contribution in [1.82, 2.24) is 57.8 Å². The maximum atomic E-state index is 14.1. The number of carboxylic acids is 1. The number of hydrogen-bond donors (Lipinski definition) is 20. The van der Waals surface area contributed by atoms with Gasteiger partial charge in [-0.2, -0.15) is 0 Å². The van der Waals surface area contributed by atoms with Crippen LogP contribution in [0.1, 0.15) is 70.1 Å². The summed E-state index contributed by atoms with van der Waals surface area (Å²) in [5, 5.41) is 70.4. The number of phenols is 1. The predicted octanol–water partition coefficient (Wildman–Crippen LogP) is -9.55. The lowest BCUT2D eigenvalue weighted by Crippen LogP contribution is -2.62. The van der Waals surface area contributed by atoms with E-state index in [0.717, 1.165) is 0 Å². The number of rotatable bonds is 38. The number of unbranched alkanes of at least 4 members (excludes halogenated alkanes) is 1. The number of aliphatic hydroxyl groups is 3. The second-order valence-corrected chi connectivity index (χ2v) is 19.0. The molecule has 1 aromatic carbocycles. The van der Waals surface area contributed by atoms with Gasteiger partial charge < -0.3 is 107 Å². The molecule has 454 valence electrons. The molecular weight excluding hydrogens is 1090 g/mol. The number of aromatic nitrogens is 2. The number of benzene rings is 1. The summed E-state index contributed by atoms with van der Waals surface area (Å²) in [7, 11) is 0. The summed E-state index contributed by atoms with van der Waals surface area (Å²) < 4.78 is 0. The molecule has 2 rings (SSSR count). The van der Waals surface area contributed by atoms with E-state index in [0.29, 0.717) is 19.4 Å². The molecule has 10 atom stereocenters. The monoisotopic (exact) mass is 1160 g/mol. The lowest BCUT2D eigenvalue weighted by atomic mass is 10.0. The first-order valence-electron chi connectivity index (χ1n) is 25.5. The normalized spacial score (nSPS) is 14.7. The van der Waals surface area contributed by atoms with Gasteiger partial charge in [-0.1, -0.05) is 32.4 Å². The van der Waals surface area contributed by atoms with Crippen molar-refractivity contribution >= 4 is 76.9 Å². The van der Waals surface area contributed by atoms with Crippen LogP contribution in [0.25, 0.3) is 0 Å². The van der Waals surface area contributed by atoms with Crippen molar-refractivity contribution in [2.45, 2.75) is 132 Å². The summed E-state index contributed by atoms with van der Waals surface area (Å²) in [5.41, 5.74) is 27.5. The number of aromatic hydroxyl groups is 1. The van der Waals surface area contributed by atoms with Crippen LogP contribution in [0.15, 0.2) is 36.8 Å². The van der Waals surface area contributed by atoms with Gasteiger partial charge in [0.05, 0.1) is 45.0 Å². The van der Waals surface area contributed by atoms with Gasteiger partial charge in [-0.15, -0.1) is 0 Å². The maximum Gasteiger partial charge on any atom is 0.326 e. The fourth-order valence-corrected chi connectivity index (χ4v) is 7.45. The zero-order valence-corrected chi connectivity index (χ0v) is 44.9. The third-order valence-electron chi connectivity index (χ3n) is 12.0. The summed E-state index contributed by atoms with van der Waals surface area (Å²) >= 11 is 0. The lowest BCUT2D eigenvalue weighted by Gasteiger charge is -2.28. The first-order chi connectivity index (χ1) is 38.6. The Bertz CT molecular complexity index is 2540. The molecule has 0 radical (unpaired) electrons. The van der Waals surface area contributed by atoms with Crippen LogP contribution in [0.3, 0.4) is 0 Å². The molecule has 12 amide bonds. The van der Waals surface area contributed by atoms with Crippen molar-refractivity contribution in [3.05, 3.63) is 48.0 Å². The Labute approximate surface area is 468 Å². The molecule has 0 aliphatic rings. The number of amides is 12. The Kier molecular flexibility index (Phi) is 29.6. The molecule has 0 bridgehead atoms. The Morgan fingerprint density at radius 1 is 0.524 bits per heavy atom. The zero-order chi connectivity index (χ0) is 61.8. The molecule has 0 unspecified atom stereocenters. The minimum absolute atomic E-state index is 0.182. The standard InChI is InChI=1S/C48H74N16O18/c1-22(2)38(64-46(79)34(20-67)63-43(76)30(15-36(52)70)57-39(72)26(50)5-3-4-12-49)47(80)60-29(14-24-17-54-21-55-24)41(74)62-32(18-65)44(77)58-28(13-23-6-8-25(68)9-7-23)40(73)61-33(19-66)45(78)59-31(16-37(53)71)42(75)56-27(48(81)82)10-11-35(51)69/h6-9,17,21-22,26-34,38,65-68H,3-5,10-16,18-20,49-50H2,1-2H3,(H2,51,69)(H2,52,70)(H2,53,71)(H,54,55)(H,56,75)(H,57,72)(H,58,77)(H,59,78)(H,60,80)(H,61,73)(H,62,74)(H,63,76)(H,64,79)(H,81,82)/t26-,27-,28-,29-,30-,31-,32-,33-,34-,38-/m0/s1. The van der Waals surface area contributed by atoms with Crippen molar-refractivity contribution in [2.24, 2.45) is 34.6 Å². The minimum atomic E-state index is -1.96. The Morgan fingerprint density at radius 3 is 1.37 bits per heavy atom. The van der Waals surface area contributed by atoms with E-state index < -0.39 is 195 Å². The average Bonchev–Trinajstić information content (AvgIpc) is 3.99. The number of aromatic amines is 1. The Hall–Kier alpha value is -8.86. The summed E-state index contributed by atoms with van der Waals surface area (Å²) in [6.45, 7) is -0.107. The highest BCUT2D eigenvalue weighted by Gasteiger charge is 2.37. The summed E-state index contributed by atoms with van der Waals surface area (Å²) in [4.78, 5) is 176. The third-order valence-corrected chi connectivity index (χ3v) is 12.0. The number of phenolic OH excluding ortho intramolecular Hbond substituents is 1. The number of nitrogens with one attached hydrogen (secondary N) is 10. The molecule has 82 heavy (non-hydrogen) atoms. The van der Waals surface area contributed by atoms with E-state index in [2.05, 4.69) is 52.5 Å². The smallest absolute Gasteiger partial charge is 0.326 e. The summed E-state index contributed by atoms with van der Waals surface area (Å²) in [6, 6.07) is -11.8. The van der Waals surface area contributed by atoms with Crippen LogP contribution >= 0.6 is 0 Å². The largest absolute Gasteiger partial charge is 0.508 e. The number of primary amides is 3. The lowest BCUT2D eigenvalue weighted by molar-refractivity contribution is -0.143. The Balaban J connectivity index is 2.38. The van der Waals surface area contributed by atoms with E-state index >= 15 is 0 Å². The van der Waals surface area contributed by atoms with E-state index in [9.17, 15) is 87.9 Å². The number of carbonyl (C=O) groups is 13. The highest BCUT2D eigenvalue weighted by atomic mass is 16.4. The van der Waals surface area contributed by atoms with Crippen molar-refractivity contribution in [3.63, 3.8) is 0 Å². The number of hydrogen-bond acceptors (Lipinski definition) is 20. The van der Waals surface area contributed by atoms with Crippen LogP contribution in [0.5, 0.6) is 5.75 Å². The van der Waals surface area contributed by atoms with Gasteiger partial charge in [-0.25, -0.2) is 9.78 Å². The first kappa shape index (κ1) is 69.2. The van der Waals surface area contributed by atoms with Crippen molar-refractivity contribution < 1.29 is 87.9 Å². The Morgan fingerprint density at radius 2 is 0.939 bits per heavy atom. The minimum Gasteiger partial charge on any atom is -0.508 e. The van der Waals surface area contributed by atoms with E-state index in [1.165, 1.54) is 50.6 Å². The number of H-pyrrole nitrogens is 1. The molecule has 34 heteroatoms. The van der Waals surface area contributed by atoms with Gasteiger partial charge in [0, 0.05) is 31.2 Å². The number of nitrogens with two attached hydrogens (primary N) is 5. The molecular formula is C48H74N16O18. The molecule has 25 N–H and O–H groups in total. The number of imidazole rings is 1. The number of aliphatic hydroxyl groups excluding tert-OH is 3. The average molecular weight is 1160 g/mol. The molecule has 34 nitrogen and oxygen atoms in total. The SMILES string of the molecule is CC(C)[C@H](NC(=O)[C@H](CO)NC(=O)[C@H](CC(N)=O)NC(=O)[C@@H](N)CCCCN)C(=O)N[C@@H](Cc1cnc[nH]1)C(=O)N[C@@H](CO)C(=O)N[C@@H](Cc1ccc(O)cc1)C(=O)N[C@@H](CO)C(=O)N[C@@H](CC(N)=O)C(=O)N[C@@H](CCC(N)=O)C(=O)O. The molecule has 0 aliphatic heterocycles. The molecule has 0 saturated heterocycles. The van der Waals surface area contributed by atoms with E-state index in [1.54, 1.807) is 0 Å². The molecule has 1 aromatic heterocycles. The summed E-state index contributed by atoms with van der Waals surface area (Å²) in [5.74, 6) is -16.0. The van der Waals surface area contributed by atoms with Crippen LogP contribution in [-0.4, -0.2) is 199 Å². The van der Waals surface area contributed by atoms with Crippen molar-refractivity contribution in [3.8, 4) is 5.75 Å². The molecule has 0 aliphatic carbocycles. The highest BCUT2D eigenvalue weighted by molar-refractivity contribution is 6.00. The van der Waals surface area contributed by atoms with Crippen LogP contribution in [0.2, 0.25) is 0 Å². The van der Waals surface area contributed by atoms with Gasteiger partial charge in [0.2, 0.25) is 70.9 Å². The zero-order valence-electron chi connectivity index (χ0n) is 44.9. The number of nitrogens with zero attached hydrogens (tertiary/aromatic N) is 1. The number of carbonyl (C=O) groups excluding carboxylic acids is 12. The first-order valence-corrected chi connectivity index (χ1v) is 25.5. The second kappa shape index (κ2) is 35.0.